The van der Waals surface area contributed by atoms with Crippen molar-refractivity contribution >= 4 is 17.6 Å². The van der Waals surface area contributed by atoms with Gasteiger partial charge in [0.2, 0.25) is 5.91 Å². The lowest BCUT2D eigenvalue weighted by atomic mass is 10.1. The first-order valence-corrected chi connectivity index (χ1v) is 7.95. The van der Waals surface area contributed by atoms with Crippen LogP contribution in [0, 0.1) is 0 Å². The molecule has 2 aromatic carbocycles. The van der Waals surface area contributed by atoms with Crippen LogP contribution in [0.4, 0.5) is 5.69 Å². The topological polar surface area (TPSA) is 76.7 Å². The Morgan fingerprint density at radius 3 is 2.40 bits per heavy atom. The Morgan fingerprint density at radius 2 is 1.72 bits per heavy atom. The Kier molecular flexibility index (Phi) is 6.83. The predicted molar refractivity (Wildman–Crippen MR) is 96.0 cm³/mol. The summed E-state index contributed by atoms with van der Waals surface area (Å²) in [5, 5.41) is 5.81. The van der Waals surface area contributed by atoms with Crippen LogP contribution in [0.3, 0.4) is 0 Å². The van der Waals surface area contributed by atoms with Gasteiger partial charge in [-0.3, -0.25) is 4.79 Å². The van der Waals surface area contributed by atoms with Gasteiger partial charge in [-0.05, 0) is 36.2 Å². The molecule has 2 rings (SSSR count). The molecule has 0 aromatic heterocycles. The number of ether oxygens (including phenoxy) is 2. The van der Waals surface area contributed by atoms with Crippen molar-refractivity contribution in [1.82, 2.24) is 5.32 Å². The monoisotopic (exact) mass is 342 g/mol. The summed E-state index contributed by atoms with van der Waals surface area (Å²) in [5.41, 5.74) is 2.08. The van der Waals surface area contributed by atoms with Crippen molar-refractivity contribution in [3.8, 4) is 5.75 Å². The number of carbonyl (C=O) groups is 2. The minimum Gasteiger partial charge on any atom is -0.497 e. The number of hydrogen-bond acceptors (Lipinski definition) is 5. The third-order valence-corrected chi connectivity index (χ3v) is 3.67. The number of hydrogen-bond donors (Lipinski definition) is 2. The van der Waals surface area contributed by atoms with Gasteiger partial charge in [0.15, 0.2) is 0 Å². The largest absolute Gasteiger partial charge is 0.497 e. The molecule has 0 heterocycles. The van der Waals surface area contributed by atoms with Crippen molar-refractivity contribution in [2.24, 2.45) is 0 Å². The molecule has 0 fully saturated rings. The maximum Gasteiger partial charge on any atom is 0.339 e. The second-order valence-electron chi connectivity index (χ2n) is 5.34. The van der Waals surface area contributed by atoms with Crippen molar-refractivity contribution in [1.29, 1.82) is 0 Å². The van der Waals surface area contributed by atoms with E-state index in [1.54, 1.807) is 31.4 Å². The molecule has 0 unspecified atom stereocenters. The van der Waals surface area contributed by atoms with Crippen LogP contribution in [0.25, 0.3) is 0 Å². The quantitative estimate of drug-likeness (QED) is 0.720. The number of amides is 1. The third kappa shape index (κ3) is 5.53. The molecule has 1 amide bonds. The Balaban J connectivity index is 1.78. The van der Waals surface area contributed by atoms with E-state index >= 15 is 0 Å². The van der Waals surface area contributed by atoms with E-state index in [-0.39, 0.29) is 12.5 Å². The van der Waals surface area contributed by atoms with Crippen LogP contribution in [0.2, 0.25) is 0 Å². The van der Waals surface area contributed by atoms with E-state index in [9.17, 15) is 9.59 Å². The van der Waals surface area contributed by atoms with E-state index in [1.165, 1.54) is 7.11 Å². The summed E-state index contributed by atoms with van der Waals surface area (Å²) in [4.78, 5) is 23.6. The summed E-state index contributed by atoms with van der Waals surface area (Å²) in [6.45, 7) is 0.613. The fourth-order valence-electron chi connectivity index (χ4n) is 2.30. The standard InChI is InChI=1S/C19H22N2O4/c1-24-15-9-7-14(8-10-15)11-12-20-18(22)13-21-17-6-4-3-5-16(17)19(23)25-2/h3-10,21H,11-13H2,1-2H3,(H,20,22). The summed E-state index contributed by atoms with van der Waals surface area (Å²) in [6, 6.07) is 14.6. The number of esters is 1. The van der Waals surface area contributed by atoms with Crippen LogP contribution in [0.1, 0.15) is 15.9 Å². The number of anilines is 1. The molecule has 0 atom stereocenters. The Bertz CT molecular complexity index is 714. The summed E-state index contributed by atoms with van der Waals surface area (Å²) in [7, 11) is 2.95. The van der Waals surface area contributed by atoms with Crippen molar-refractivity contribution in [2.45, 2.75) is 6.42 Å². The molecule has 0 spiro atoms. The molecular formula is C19H22N2O4. The van der Waals surface area contributed by atoms with Crippen molar-refractivity contribution < 1.29 is 19.1 Å². The van der Waals surface area contributed by atoms with Gasteiger partial charge in [-0.25, -0.2) is 4.79 Å². The third-order valence-electron chi connectivity index (χ3n) is 3.67. The number of para-hydroxylation sites is 1. The molecule has 6 heteroatoms. The van der Waals surface area contributed by atoms with Gasteiger partial charge in [-0.2, -0.15) is 0 Å². The smallest absolute Gasteiger partial charge is 0.339 e. The molecule has 0 aliphatic rings. The number of rotatable bonds is 8. The van der Waals surface area contributed by atoms with Crippen molar-refractivity contribution in [3.63, 3.8) is 0 Å². The van der Waals surface area contributed by atoms with E-state index in [2.05, 4.69) is 10.6 Å². The first kappa shape index (κ1) is 18.3. The molecular weight excluding hydrogens is 320 g/mol. The highest BCUT2D eigenvalue weighted by Gasteiger charge is 2.11. The Labute approximate surface area is 147 Å². The van der Waals surface area contributed by atoms with Gasteiger partial charge in [0.05, 0.1) is 26.3 Å². The maximum absolute atomic E-state index is 11.9. The predicted octanol–water partition coefficient (Wildman–Crippen LogP) is 2.25. The van der Waals surface area contributed by atoms with E-state index in [0.717, 1.165) is 17.7 Å². The molecule has 0 saturated carbocycles. The van der Waals surface area contributed by atoms with Crippen LogP contribution < -0.4 is 15.4 Å². The van der Waals surface area contributed by atoms with Crippen LogP contribution in [-0.2, 0) is 16.0 Å². The van der Waals surface area contributed by atoms with Crippen LogP contribution in [0.5, 0.6) is 5.75 Å². The molecule has 132 valence electrons. The van der Waals surface area contributed by atoms with E-state index in [0.29, 0.717) is 17.8 Å². The zero-order valence-electron chi connectivity index (χ0n) is 14.4. The fraction of sp³-hybridized carbons (Fsp3) is 0.263. The molecule has 2 N–H and O–H groups in total. The maximum atomic E-state index is 11.9. The summed E-state index contributed by atoms with van der Waals surface area (Å²) in [6.07, 6.45) is 0.731. The molecule has 0 saturated heterocycles. The number of methoxy groups -OCH3 is 2. The minimum absolute atomic E-state index is 0.0800. The average molecular weight is 342 g/mol. The molecule has 0 radical (unpaired) electrons. The lowest BCUT2D eigenvalue weighted by Crippen LogP contribution is -2.31. The van der Waals surface area contributed by atoms with Gasteiger partial charge < -0.3 is 20.1 Å². The Hall–Kier alpha value is -3.02. The highest BCUT2D eigenvalue weighted by atomic mass is 16.5. The normalized spacial score (nSPS) is 10.0. The van der Waals surface area contributed by atoms with Gasteiger partial charge in [0.1, 0.15) is 5.75 Å². The molecule has 0 bridgehead atoms. The molecule has 6 nitrogen and oxygen atoms in total. The molecule has 0 aliphatic carbocycles. The summed E-state index contributed by atoms with van der Waals surface area (Å²) < 4.78 is 9.84. The second kappa shape index (κ2) is 9.32. The van der Waals surface area contributed by atoms with Crippen LogP contribution >= 0.6 is 0 Å². The fourth-order valence-corrected chi connectivity index (χ4v) is 2.30. The molecule has 0 aliphatic heterocycles. The van der Waals surface area contributed by atoms with Crippen LogP contribution in [-0.4, -0.2) is 39.2 Å². The highest BCUT2D eigenvalue weighted by Crippen LogP contribution is 2.15. The first-order valence-electron chi connectivity index (χ1n) is 7.95. The highest BCUT2D eigenvalue weighted by molar-refractivity contribution is 5.96. The van der Waals surface area contributed by atoms with Crippen molar-refractivity contribution in [3.05, 3.63) is 59.7 Å². The zero-order valence-corrected chi connectivity index (χ0v) is 14.4. The first-order chi connectivity index (χ1) is 12.1. The number of carbonyl (C=O) groups excluding carboxylic acids is 2. The van der Waals surface area contributed by atoms with Gasteiger partial charge in [-0.15, -0.1) is 0 Å². The van der Waals surface area contributed by atoms with E-state index < -0.39 is 5.97 Å². The van der Waals surface area contributed by atoms with Gasteiger partial charge in [-0.1, -0.05) is 24.3 Å². The van der Waals surface area contributed by atoms with Crippen LogP contribution in [0.15, 0.2) is 48.5 Å². The summed E-state index contributed by atoms with van der Waals surface area (Å²) in [5.74, 6) is 0.220. The minimum atomic E-state index is -0.442. The lowest BCUT2D eigenvalue weighted by Gasteiger charge is -2.11. The van der Waals surface area contributed by atoms with Gasteiger partial charge >= 0.3 is 5.97 Å². The van der Waals surface area contributed by atoms with E-state index in [4.69, 9.17) is 9.47 Å². The average Bonchev–Trinajstić information content (AvgIpc) is 2.66. The molecule has 25 heavy (non-hydrogen) atoms. The molecule has 2 aromatic rings. The van der Waals surface area contributed by atoms with Crippen molar-refractivity contribution in [2.75, 3.05) is 32.6 Å². The SMILES string of the molecule is COC(=O)c1ccccc1NCC(=O)NCCc1ccc(OC)cc1. The number of benzene rings is 2. The second-order valence-corrected chi connectivity index (χ2v) is 5.34. The van der Waals surface area contributed by atoms with E-state index in [1.807, 2.05) is 24.3 Å². The van der Waals surface area contributed by atoms with Gasteiger partial charge in [0.25, 0.3) is 0 Å². The summed E-state index contributed by atoms with van der Waals surface area (Å²) >= 11 is 0. The van der Waals surface area contributed by atoms with Gasteiger partial charge in [0, 0.05) is 12.2 Å². The Morgan fingerprint density at radius 1 is 1.00 bits per heavy atom. The zero-order chi connectivity index (χ0) is 18.1. The lowest BCUT2D eigenvalue weighted by molar-refractivity contribution is -0.119. The number of nitrogens with one attached hydrogen (secondary N) is 2.